The lowest BCUT2D eigenvalue weighted by Crippen LogP contribution is -2.36. The Kier molecular flexibility index (Phi) is 8.90. The molecule has 1 aromatic carbocycles. The normalized spacial score (nSPS) is 13.2. The van der Waals surface area contributed by atoms with Crippen molar-refractivity contribution in [2.75, 3.05) is 30.8 Å². The number of hydrogen-bond donors (Lipinski definition) is 1. The molecular weight excluding hydrogens is 492 g/mol. The molecule has 1 N–H and O–H groups in total. The van der Waals surface area contributed by atoms with Gasteiger partial charge in [0, 0.05) is 17.8 Å². The van der Waals surface area contributed by atoms with Crippen molar-refractivity contribution in [3.8, 4) is 0 Å². The van der Waals surface area contributed by atoms with Crippen molar-refractivity contribution in [3.63, 3.8) is 0 Å². The van der Waals surface area contributed by atoms with Gasteiger partial charge in [0.15, 0.2) is 9.84 Å². The summed E-state index contributed by atoms with van der Waals surface area (Å²) in [5.74, 6) is -1.09. The highest BCUT2D eigenvalue weighted by Crippen LogP contribution is 2.38. The molecule has 0 saturated heterocycles. The number of benzene rings is 1. The van der Waals surface area contributed by atoms with E-state index in [0.29, 0.717) is 23.5 Å². The minimum atomic E-state index is -3.50. The number of ether oxygens (including phenoxy) is 2. The van der Waals surface area contributed by atoms with Gasteiger partial charge in [-0.2, -0.15) is 0 Å². The summed E-state index contributed by atoms with van der Waals surface area (Å²) in [4.78, 5) is 40.0. The van der Waals surface area contributed by atoms with E-state index in [1.54, 1.807) is 43.0 Å². The van der Waals surface area contributed by atoms with Gasteiger partial charge in [0.25, 0.3) is 0 Å². The van der Waals surface area contributed by atoms with Crippen LogP contribution in [0.5, 0.6) is 0 Å². The zero-order valence-corrected chi connectivity index (χ0v) is 21.7. The van der Waals surface area contributed by atoms with Gasteiger partial charge in [-0.05, 0) is 51.3 Å². The first-order valence-electron chi connectivity index (χ1n) is 11.5. The Morgan fingerprint density at radius 3 is 2.43 bits per heavy atom. The lowest BCUT2D eigenvalue weighted by molar-refractivity contribution is -0.116. The molecular formula is C24H30N2O7S2. The van der Waals surface area contributed by atoms with Gasteiger partial charge in [-0.3, -0.25) is 4.79 Å². The van der Waals surface area contributed by atoms with Crippen LogP contribution in [0.15, 0.2) is 29.2 Å². The quantitative estimate of drug-likeness (QED) is 0.496. The second kappa shape index (κ2) is 11.7. The highest BCUT2D eigenvalue weighted by Gasteiger charge is 2.31. The van der Waals surface area contributed by atoms with Crippen molar-refractivity contribution in [1.29, 1.82) is 0 Å². The average Bonchev–Trinajstić information content (AvgIpc) is 3.16. The predicted molar refractivity (Wildman–Crippen MR) is 133 cm³/mol. The molecule has 0 unspecified atom stereocenters. The summed E-state index contributed by atoms with van der Waals surface area (Å²) in [7, 11) is -3.50. The van der Waals surface area contributed by atoms with Crippen LogP contribution in [0.4, 0.5) is 9.80 Å². The first-order valence-corrected chi connectivity index (χ1v) is 14.0. The van der Waals surface area contributed by atoms with Crippen molar-refractivity contribution in [1.82, 2.24) is 4.90 Å². The number of nitrogens with zero attached hydrogens (tertiary/aromatic N) is 1. The third kappa shape index (κ3) is 6.61. The fourth-order valence-electron chi connectivity index (χ4n) is 3.76. The van der Waals surface area contributed by atoms with E-state index in [2.05, 4.69) is 5.32 Å². The van der Waals surface area contributed by atoms with Crippen LogP contribution in [0, 0.1) is 6.92 Å². The van der Waals surface area contributed by atoms with Gasteiger partial charge in [0.1, 0.15) is 5.00 Å². The fraction of sp³-hybridized carbons (Fsp3) is 0.458. The first-order chi connectivity index (χ1) is 16.7. The largest absolute Gasteiger partial charge is 0.462 e. The molecule has 0 spiro atoms. The lowest BCUT2D eigenvalue weighted by Gasteiger charge is -2.26. The van der Waals surface area contributed by atoms with E-state index in [1.807, 2.05) is 6.92 Å². The highest BCUT2D eigenvalue weighted by molar-refractivity contribution is 7.91. The van der Waals surface area contributed by atoms with Crippen molar-refractivity contribution < 1.29 is 32.3 Å². The van der Waals surface area contributed by atoms with Crippen LogP contribution < -0.4 is 5.32 Å². The topological polar surface area (TPSA) is 119 Å². The van der Waals surface area contributed by atoms with E-state index in [0.717, 1.165) is 16.0 Å². The molecule has 0 atom stereocenters. The molecule has 11 heteroatoms. The minimum absolute atomic E-state index is 0.0229. The molecule has 0 saturated carbocycles. The van der Waals surface area contributed by atoms with Crippen LogP contribution in [0.2, 0.25) is 0 Å². The van der Waals surface area contributed by atoms with Crippen molar-refractivity contribution in [2.24, 2.45) is 0 Å². The molecule has 1 aliphatic rings. The summed E-state index contributed by atoms with van der Waals surface area (Å²) in [5, 5.41) is 3.11. The summed E-state index contributed by atoms with van der Waals surface area (Å²) >= 11 is 1.22. The number of anilines is 1. The zero-order chi connectivity index (χ0) is 25.6. The number of esters is 1. The van der Waals surface area contributed by atoms with Gasteiger partial charge < -0.3 is 19.7 Å². The van der Waals surface area contributed by atoms with Gasteiger partial charge in [0.2, 0.25) is 5.91 Å². The van der Waals surface area contributed by atoms with Gasteiger partial charge in [-0.25, -0.2) is 18.0 Å². The summed E-state index contributed by atoms with van der Waals surface area (Å²) in [6, 6.07) is 6.59. The molecule has 2 amide bonds. The van der Waals surface area contributed by atoms with Crippen LogP contribution in [-0.2, 0) is 37.1 Å². The Labute approximate surface area is 209 Å². The number of sulfone groups is 1. The lowest BCUT2D eigenvalue weighted by atomic mass is 10.0. The molecule has 2 heterocycles. The maximum Gasteiger partial charge on any atom is 0.410 e. The molecule has 0 bridgehead atoms. The molecule has 3 rings (SSSR count). The monoisotopic (exact) mass is 522 g/mol. The predicted octanol–water partition coefficient (Wildman–Crippen LogP) is 3.94. The molecule has 35 heavy (non-hydrogen) atoms. The Bertz CT molecular complexity index is 1190. The Morgan fingerprint density at radius 2 is 1.77 bits per heavy atom. The number of nitrogens with one attached hydrogen (secondary N) is 1. The zero-order valence-electron chi connectivity index (χ0n) is 20.1. The molecule has 2 aromatic rings. The molecule has 9 nitrogen and oxygen atoms in total. The maximum absolute atomic E-state index is 12.7. The number of amides is 2. The second-order valence-corrected chi connectivity index (χ2v) is 11.3. The third-order valence-corrected chi connectivity index (χ3v) is 8.46. The van der Waals surface area contributed by atoms with E-state index >= 15 is 0 Å². The second-order valence-electron chi connectivity index (χ2n) is 8.08. The van der Waals surface area contributed by atoms with Crippen LogP contribution >= 0.6 is 11.3 Å². The maximum atomic E-state index is 12.7. The van der Waals surface area contributed by atoms with E-state index in [4.69, 9.17) is 9.47 Å². The van der Waals surface area contributed by atoms with Crippen molar-refractivity contribution >= 4 is 44.1 Å². The Balaban J connectivity index is 1.69. The number of carbonyl (C=O) groups excluding carboxylic acids is 3. The van der Waals surface area contributed by atoms with Crippen molar-refractivity contribution in [3.05, 3.63) is 45.8 Å². The van der Waals surface area contributed by atoms with Gasteiger partial charge >= 0.3 is 12.1 Å². The molecule has 0 radical (unpaired) electrons. The minimum Gasteiger partial charge on any atom is -0.462 e. The number of aryl methyl sites for hydroxylation is 1. The third-order valence-electron chi connectivity index (χ3n) is 5.51. The average molecular weight is 523 g/mol. The highest BCUT2D eigenvalue weighted by atomic mass is 32.2. The molecule has 1 aromatic heterocycles. The Morgan fingerprint density at radius 1 is 1.09 bits per heavy atom. The smallest absolute Gasteiger partial charge is 0.410 e. The standard InChI is InChI=1S/C24H30N2O7S2/c1-4-32-23(28)21-18-12-13-26(24(29)33-5-2)15-19(18)34-22(21)25-20(27)7-6-14-35(30,31)17-10-8-16(3)9-11-17/h8-11H,4-7,12-15H2,1-3H3,(H,25,27). The van der Waals surface area contributed by atoms with Crippen LogP contribution in [0.3, 0.4) is 0 Å². The summed E-state index contributed by atoms with van der Waals surface area (Å²) in [6.45, 7) is 6.42. The summed E-state index contributed by atoms with van der Waals surface area (Å²) in [6.07, 6.45) is 0.122. The van der Waals surface area contributed by atoms with E-state index in [9.17, 15) is 22.8 Å². The van der Waals surface area contributed by atoms with E-state index < -0.39 is 27.8 Å². The van der Waals surface area contributed by atoms with E-state index in [-0.39, 0.29) is 43.2 Å². The van der Waals surface area contributed by atoms with Crippen LogP contribution in [0.1, 0.15) is 53.1 Å². The van der Waals surface area contributed by atoms with Gasteiger partial charge in [-0.1, -0.05) is 17.7 Å². The van der Waals surface area contributed by atoms with E-state index in [1.165, 1.54) is 11.3 Å². The van der Waals surface area contributed by atoms with Crippen LogP contribution in [-0.4, -0.2) is 56.8 Å². The number of fused-ring (bicyclic) bond motifs is 1. The SMILES string of the molecule is CCOC(=O)c1c(NC(=O)CCCS(=O)(=O)c2ccc(C)cc2)sc2c1CCN(C(=O)OCC)C2. The summed E-state index contributed by atoms with van der Waals surface area (Å²) in [5.41, 5.74) is 2.02. The molecule has 1 aliphatic heterocycles. The number of hydrogen-bond acceptors (Lipinski definition) is 8. The van der Waals surface area contributed by atoms with Gasteiger partial charge in [-0.15, -0.1) is 11.3 Å². The number of rotatable bonds is 9. The Hall–Kier alpha value is -2.92. The molecule has 0 fully saturated rings. The fourth-order valence-corrected chi connectivity index (χ4v) is 6.34. The number of thiophene rings is 1. The van der Waals surface area contributed by atoms with Gasteiger partial charge in [0.05, 0.1) is 36.0 Å². The molecule has 190 valence electrons. The van der Waals surface area contributed by atoms with Crippen molar-refractivity contribution in [2.45, 2.75) is 51.5 Å². The summed E-state index contributed by atoms with van der Waals surface area (Å²) < 4.78 is 35.3. The first kappa shape index (κ1) is 26.7. The number of carbonyl (C=O) groups is 3. The van der Waals surface area contributed by atoms with Crippen LogP contribution in [0.25, 0.3) is 0 Å². The molecule has 0 aliphatic carbocycles.